The summed E-state index contributed by atoms with van der Waals surface area (Å²) in [5.41, 5.74) is 13.6. The lowest BCUT2D eigenvalue weighted by molar-refractivity contribution is 1.29. The Balaban J connectivity index is 1.06. The van der Waals surface area contributed by atoms with Gasteiger partial charge in [-0.15, -0.1) is 11.3 Å². The van der Waals surface area contributed by atoms with Crippen molar-refractivity contribution in [1.29, 1.82) is 0 Å². The van der Waals surface area contributed by atoms with Crippen LogP contribution in [0.2, 0.25) is 0 Å². The van der Waals surface area contributed by atoms with Gasteiger partial charge in [-0.05, 0) is 76.7 Å². The molecule has 11 rings (SSSR count). The lowest BCUT2D eigenvalue weighted by Gasteiger charge is -2.28. The van der Waals surface area contributed by atoms with Crippen molar-refractivity contribution < 1.29 is 0 Å². The third kappa shape index (κ3) is 5.99. The Morgan fingerprint density at radius 3 is 1.78 bits per heavy atom. The number of hydrogen-bond donors (Lipinski definition) is 0. The highest BCUT2D eigenvalue weighted by molar-refractivity contribution is 7.25. The summed E-state index contributed by atoms with van der Waals surface area (Å²) in [7, 11) is 0. The lowest BCUT2D eigenvalue weighted by Crippen LogP contribution is -2.11. The van der Waals surface area contributed by atoms with Crippen LogP contribution >= 0.6 is 11.3 Å². The van der Waals surface area contributed by atoms with Gasteiger partial charge >= 0.3 is 0 Å². The van der Waals surface area contributed by atoms with Crippen LogP contribution in [0.1, 0.15) is 0 Å². The van der Waals surface area contributed by atoms with E-state index < -0.39 is 0 Å². The van der Waals surface area contributed by atoms with Crippen LogP contribution in [0.4, 0.5) is 17.1 Å². The molecule has 0 aliphatic rings. The van der Waals surface area contributed by atoms with Gasteiger partial charge in [0.05, 0.1) is 28.1 Å². The van der Waals surface area contributed by atoms with Crippen LogP contribution in [0.5, 0.6) is 0 Å². The van der Waals surface area contributed by atoms with E-state index >= 15 is 0 Å². The highest BCUT2D eigenvalue weighted by Gasteiger charge is 2.20. The molecule has 2 heterocycles. The summed E-state index contributed by atoms with van der Waals surface area (Å²) in [6.45, 7) is 0. The maximum absolute atomic E-state index is 5.36. The molecule has 0 amide bonds. The third-order valence-electron chi connectivity index (χ3n) is 11.0. The van der Waals surface area contributed by atoms with Crippen molar-refractivity contribution in [2.75, 3.05) is 4.90 Å². The van der Waals surface area contributed by atoms with Crippen LogP contribution in [0.25, 0.3) is 86.7 Å². The average Bonchev–Trinajstić information content (AvgIpc) is 3.68. The largest absolute Gasteiger partial charge is 0.310 e. The van der Waals surface area contributed by atoms with Gasteiger partial charge in [0.15, 0.2) is 0 Å². The standard InChI is InChI=1S/C54H35N3S/c1-4-15-36(16-5-1)44-23-10-12-25-49(44)57(43-29-32-51-47(35-43)46-24-11-13-26-50(46)58-51)42-22-14-21-39(34-42)40-27-30-45-41(33-40)28-31-48-54(45)56-53(38-19-8-3-9-20-38)52(55-48)37-17-6-2-7-18-37/h1-35H. The molecule has 0 atom stereocenters. The minimum Gasteiger partial charge on any atom is -0.310 e. The van der Waals surface area contributed by atoms with Crippen molar-refractivity contribution >= 4 is 70.4 Å². The molecule has 4 heteroatoms. The molecule has 272 valence electrons. The van der Waals surface area contributed by atoms with Crippen molar-refractivity contribution in [3.8, 4) is 44.8 Å². The number of rotatable bonds is 7. The zero-order valence-electron chi connectivity index (χ0n) is 31.5. The summed E-state index contributed by atoms with van der Waals surface area (Å²) in [5, 5.41) is 4.76. The molecule has 2 aromatic heterocycles. The van der Waals surface area contributed by atoms with Gasteiger partial charge < -0.3 is 4.90 Å². The van der Waals surface area contributed by atoms with Crippen LogP contribution in [0.3, 0.4) is 0 Å². The molecule has 0 unspecified atom stereocenters. The Morgan fingerprint density at radius 2 is 0.983 bits per heavy atom. The average molecular weight is 758 g/mol. The molecule has 0 spiro atoms. The number of hydrogen-bond acceptors (Lipinski definition) is 4. The first-order valence-electron chi connectivity index (χ1n) is 19.6. The molecule has 0 aliphatic carbocycles. The van der Waals surface area contributed by atoms with Crippen LogP contribution in [-0.4, -0.2) is 9.97 Å². The highest BCUT2D eigenvalue weighted by Crippen LogP contribution is 2.45. The number of aromatic nitrogens is 2. The molecular weight excluding hydrogens is 723 g/mol. The maximum Gasteiger partial charge on any atom is 0.0973 e. The molecule has 9 aromatic carbocycles. The van der Waals surface area contributed by atoms with Gasteiger partial charge in [-0.3, -0.25) is 0 Å². The van der Waals surface area contributed by atoms with Crippen molar-refractivity contribution in [2.45, 2.75) is 0 Å². The van der Waals surface area contributed by atoms with E-state index in [9.17, 15) is 0 Å². The number of benzene rings is 9. The molecule has 0 saturated heterocycles. The fraction of sp³-hybridized carbons (Fsp3) is 0. The van der Waals surface area contributed by atoms with Crippen LogP contribution in [0.15, 0.2) is 212 Å². The van der Waals surface area contributed by atoms with Gasteiger partial charge in [-0.1, -0.05) is 158 Å². The fourth-order valence-electron chi connectivity index (χ4n) is 8.26. The van der Waals surface area contributed by atoms with Crippen LogP contribution in [0, 0.1) is 0 Å². The number of anilines is 3. The smallest absolute Gasteiger partial charge is 0.0973 e. The molecule has 3 nitrogen and oxygen atoms in total. The number of fused-ring (bicyclic) bond motifs is 6. The first-order chi connectivity index (χ1) is 28.7. The summed E-state index contributed by atoms with van der Waals surface area (Å²) in [5.74, 6) is 0. The van der Waals surface area contributed by atoms with E-state index in [1.54, 1.807) is 0 Å². The SMILES string of the molecule is c1ccc(-c2ccccc2N(c2cccc(-c3ccc4c(ccc5nc(-c6ccccc6)c(-c6ccccc6)nc54)c3)c2)c2ccc3sc4ccccc4c3c2)cc1. The summed E-state index contributed by atoms with van der Waals surface area (Å²) in [6.07, 6.45) is 0. The van der Waals surface area contributed by atoms with Gasteiger partial charge in [-0.2, -0.15) is 0 Å². The summed E-state index contributed by atoms with van der Waals surface area (Å²) in [4.78, 5) is 13.0. The van der Waals surface area contributed by atoms with Crippen LogP contribution in [-0.2, 0) is 0 Å². The Hall–Kier alpha value is -7.40. The first-order valence-corrected chi connectivity index (χ1v) is 20.4. The Morgan fingerprint density at radius 1 is 0.362 bits per heavy atom. The quantitative estimate of drug-likeness (QED) is 0.152. The second kappa shape index (κ2) is 14.3. The maximum atomic E-state index is 5.36. The van der Waals surface area contributed by atoms with Gasteiger partial charge in [0.25, 0.3) is 0 Å². The Bertz CT molecular complexity index is 3280. The van der Waals surface area contributed by atoms with Crippen molar-refractivity contribution in [3.63, 3.8) is 0 Å². The van der Waals surface area contributed by atoms with E-state index in [-0.39, 0.29) is 0 Å². The molecule has 58 heavy (non-hydrogen) atoms. The molecule has 0 radical (unpaired) electrons. The van der Waals surface area contributed by atoms with Gasteiger partial charge in [0.1, 0.15) is 0 Å². The number of nitrogens with zero attached hydrogens (tertiary/aromatic N) is 3. The number of para-hydroxylation sites is 1. The predicted octanol–water partition coefficient (Wildman–Crippen LogP) is 15.3. The molecule has 0 fully saturated rings. The first kappa shape index (κ1) is 33.9. The predicted molar refractivity (Wildman–Crippen MR) is 246 cm³/mol. The van der Waals surface area contributed by atoms with E-state index in [2.05, 4.69) is 205 Å². The minimum atomic E-state index is 0.879. The minimum absolute atomic E-state index is 0.879. The third-order valence-corrected chi connectivity index (χ3v) is 12.2. The molecule has 11 aromatic rings. The zero-order valence-corrected chi connectivity index (χ0v) is 32.3. The summed E-state index contributed by atoms with van der Waals surface area (Å²) < 4.78 is 2.59. The molecule has 0 bridgehead atoms. The van der Waals surface area contributed by atoms with Gasteiger partial charge in [-0.25, -0.2) is 9.97 Å². The lowest BCUT2D eigenvalue weighted by atomic mass is 9.98. The second-order valence-corrected chi connectivity index (χ2v) is 15.7. The van der Waals surface area contributed by atoms with Crippen molar-refractivity contribution in [3.05, 3.63) is 212 Å². The normalized spacial score (nSPS) is 11.4. The topological polar surface area (TPSA) is 29.0 Å². The molecule has 0 saturated carbocycles. The number of thiophene rings is 1. The Kier molecular flexibility index (Phi) is 8.34. The van der Waals surface area contributed by atoms with Crippen LogP contribution < -0.4 is 4.90 Å². The van der Waals surface area contributed by atoms with E-state index in [0.29, 0.717) is 0 Å². The Labute approximate surface area is 340 Å². The highest BCUT2D eigenvalue weighted by atomic mass is 32.1. The molecule has 0 aliphatic heterocycles. The fourth-order valence-corrected chi connectivity index (χ4v) is 9.34. The molecule has 0 N–H and O–H groups in total. The van der Waals surface area contributed by atoms with E-state index in [1.165, 1.54) is 31.3 Å². The van der Waals surface area contributed by atoms with Gasteiger partial charge in [0, 0.05) is 53.6 Å². The van der Waals surface area contributed by atoms with Crippen molar-refractivity contribution in [1.82, 2.24) is 9.97 Å². The van der Waals surface area contributed by atoms with E-state index in [1.807, 2.05) is 23.5 Å². The monoisotopic (exact) mass is 757 g/mol. The van der Waals surface area contributed by atoms with Gasteiger partial charge in [0.2, 0.25) is 0 Å². The summed E-state index contributed by atoms with van der Waals surface area (Å²) >= 11 is 1.85. The van der Waals surface area contributed by atoms with E-state index in [0.717, 1.165) is 72.5 Å². The van der Waals surface area contributed by atoms with Crippen molar-refractivity contribution in [2.24, 2.45) is 0 Å². The van der Waals surface area contributed by atoms with E-state index in [4.69, 9.17) is 9.97 Å². The second-order valence-electron chi connectivity index (χ2n) is 14.6. The molecular formula is C54H35N3S. The summed E-state index contributed by atoms with van der Waals surface area (Å²) in [6, 6.07) is 75.7. The zero-order chi connectivity index (χ0) is 38.4.